The van der Waals surface area contributed by atoms with E-state index in [0.717, 1.165) is 28.8 Å². The molecule has 2 aromatic carbocycles. The molecule has 0 unspecified atom stereocenters. The van der Waals surface area contributed by atoms with Gasteiger partial charge in [0.25, 0.3) is 0 Å². The molecule has 0 bridgehead atoms. The molecule has 0 aliphatic carbocycles. The van der Waals surface area contributed by atoms with Crippen molar-refractivity contribution in [2.75, 3.05) is 17.1 Å². The number of sulfonamides is 1. The quantitative estimate of drug-likeness (QED) is 0.375. The zero-order valence-electron chi connectivity index (χ0n) is 21.8. The third-order valence-corrected chi connectivity index (χ3v) is 7.64. The van der Waals surface area contributed by atoms with Crippen molar-refractivity contribution < 1.29 is 31.2 Å². The molecule has 0 heterocycles. The van der Waals surface area contributed by atoms with Crippen molar-refractivity contribution >= 4 is 39.1 Å². The Morgan fingerprint density at radius 1 is 1.08 bits per heavy atom. The lowest BCUT2D eigenvalue weighted by molar-refractivity contribution is -0.140. The van der Waals surface area contributed by atoms with Crippen LogP contribution >= 0.6 is 11.6 Å². The number of rotatable bonds is 12. The SMILES string of the molecule is CC[C@H](C)NC(=O)[C@H](C)N(Cc1ccccc1Cl)C(=O)CCCN(c1cccc(C(F)(F)F)c1)S(C)(=O)=O. The molecule has 0 spiro atoms. The molecule has 0 aliphatic rings. The zero-order chi connectivity index (χ0) is 28.7. The predicted molar refractivity (Wildman–Crippen MR) is 142 cm³/mol. The van der Waals surface area contributed by atoms with Crippen molar-refractivity contribution in [3.8, 4) is 0 Å². The second-order valence-corrected chi connectivity index (χ2v) is 11.4. The molecule has 12 heteroatoms. The first-order valence-electron chi connectivity index (χ1n) is 12.1. The van der Waals surface area contributed by atoms with Crippen LogP contribution in [0.1, 0.15) is 51.2 Å². The van der Waals surface area contributed by atoms with Crippen molar-refractivity contribution in [3.63, 3.8) is 0 Å². The highest BCUT2D eigenvalue weighted by molar-refractivity contribution is 7.92. The second kappa shape index (κ2) is 13.3. The molecule has 0 saturated heterocycles. The monoisotopic (exact) mass is 575 g/mol. The average Bonchev–Trinajstić information content (AvgIpc) is 2.84. The molecule has 0 fully saturated rings. The number of hydrogen-bond acceptors (Lipinski definition) is 4. The van der Waals surface area contributed by atoms with E-state index in [9.17, 15) is 31.2 Å². The average molecular weight is 576 g/mol. The normalized spacial score (nSPS) is 13.5. The van der Waals surface area contributed by atoms with E-state index in [-0.39, 0.29) is 43.6 Å². The van der Waals surface area contributed by atoms with Gasteiger partial charge in [0.2, 0.25) is 21.8 Å². The number of hydrogen-bond donors (Lipinski definition) is 1. The van der Waals surface area contributed by atoms with E-state index >= 15 is 0 Å². The predicted octanol–water partition coefficient (Wildman–Crippen LogP) is 5.24. The smallest absolute Gasteiger partial charge is 0.352 e. The van der Waals surface area contributed by atoms with Gasteiger partial charge in [0, 0.05) is 30.6 Å². The highest BCUT2D eigenvalue weighted by Crippen LogP contribution is 2.32. The fourth-order valence-corrected chi connectivity index (χ4v) is 4.85. The lowest BCUT2D eigenvalue weighted by Gasteiger charge is -2.30. The largest absolute Gasteiger partial charge is 0.416 e. The number of benzene rings is 2. The summed E-state index contributed by atoms with van der Waals surface area (Å²) in [6, 6.07) is 9.97. The fourth-order valence-electron chi connectivity index (χ4n) is 3.70. The van der Waals surface area contributed by atoms with Crippen LogP contribution in [0.15, 0.2) is 48.5 Å². The first kappa shape index (κ1) is 31.4. The van der Waals surface area contributed by atoms with Gasteiger partial charge in [0.15, 0.2) is 0 Å². The minimum Gasteiger partial charge on any atom is -0.352 e. The number of amides is 2. The van der Waals surface area contributed by atoms with Gasteiger partial charge in [-0.1, -0.05) is 42.8 Å². The maximum absolute atomic E-state index is 13.3. The second-order valence-electron chi connectivity index (χ2n) is 9.09. The molecule has 2 amide bonds. The van der Waals surface area contributed by atoms with E-state index in [4.69, 9.17) is 11.6 Å². The Hall–Kier alpha value is -2.79. The van der Waals surface area contributed by atoms with Gasteiger partial charge in [-0.05, 0) is 56.5 Å². The van der Waals surface area contributed by atoms with Crippen LogP contribution in [0.5, 0.6) is 0 Å². The van der Waals surface area contributed by atoms with Gasteiger partial charge in [-0.15, -0.1) is 0 Å². The summed E-state index contributed by atoms with van der Waals surface area (Å²) in [7, 11) is -3.94. The molecule has 38 heavy (non-hydrogen) atoms. The fraction of sp³-hybridized carbons (Fsp3) is 0.462. The number of nitrogens with zero attached hydrogens (tertiary/aromatic N) is 2. The molecule has 0 saturated carbocycles. The van der Waals surface area contributed by atoms with Crippen LogP contribution in [0.3, 0.4) is 0 Å². The standard InChI is InChI=1S/C26H33ClF3N3O4S/c1-5-18(2)31-25(35)19(3)32(17-20-10-6-7-13-23(20)27)24(34)14-9-15-33(38(4,36)37)22-12-8-11-21(16-22)26(28,29)30/h6-8,10-13,16,18-19H,5,9,14-15,17H2,1-4H3,(H,31,35)/t18-,19-/m0/s1. The molecule has 0 aliphatic heterocycles. The molecular formula is C26H33ClF3N3O4S. The van der Waals surface area contributed by atoms with Crippen molar-refractivity contribution in [2.24, 2.45) is 0 Å². The van der Waals surface area contributed by atoms with E-state index in [1.165, 1.54) is 11.0 Å². The molecule has 0 aromatic heterocycles. The summed E-state index contributed by atoms with van der Waals surface area (Å²) in [4.78, 5) is 27.5. The molecule has 1 N–H and O–H groups in total. The van der Waals surface area contributed by atoms with Gasteiger partial charge < -0.3 is 10.2 Å². The first-order chi connectivity index (χ1) is 17.6. The Kier molecular flexibility index (Phi) is 11.0. The van der Waals surface area contributed by atoms with Crippen LogP contribution in [0, 0.1) is 0 Å². The van der Waals surface area contributed by atoms with Gasteiger partial charge in [-0.2, -0.15) is 13.2 Å². The van der Waals surface area contributed by atoms with E-state index in [1.807, 2.05) is 13.8 Å². The Morgan fingerprint density at radius 3 is 2.32 bits per heavy atom. The maximum atomic E-state index is 13.3. The van der Waals surface area contributed by atoms with Crippen molar-refractivity contribution in [2.45, 2.75) is 64.8 Å². The summed E-state index contributed by atoms with van der Waals surface area (Å²) < 4.78 is 65.1. The Labute approximate surface area is 227 Å². The first-order valence-corrected chi connectivity index (χ1v) is 14.4. The highest BCUT2D eigenvalue weighted by atomic mass is 35.5. The van der Waals surface area contributed by atoms with Crippen LogP contribution in [0.25, 0.3) is 0 Å². The Bertz CT molecular complexity index is 1220. The van der Waals surface area contributed by atoms with Crippen molar-refractivity contribution in [3.05, 3.63) is 64.7 Å². The molecule has 2 aromatic rings. The van der Waals surface area contributed by atoms with Crippen LogP contribution < -0.4 is 9.62 Å². The zero-order valence-corrected chi connectivity index (χ0v) is 23.3. The maximum Gasteiger partial charge on any atom is 0.416 e. The summed E-state index contributed by atoms with van der Waals surface area (Å²) in [5.74, 6) is -0.768. The number of alkyl halides is 3. The van der Waals surface area contributed by atoms with Crippen LogP contribution in [-0.2, 0) is 32.3 Å². The number of halogens is 4. The third-order valence-electron chi connectivity index (χ3n) is 6.08. The molecule has 7 nitrogen and oxygen atoms in total. The summed E-state index contributed by atoms with van der Waals surface area (Å²) in [5.41, 5.74) is -0.497. The summed E-state index contributed by atoms with van der Waals surface area (Å²) in [6.07, 6.45) is -3.18. The minimum atomic E-state index is -4.64. The lowest BCUT2D eigenvalue weighted by atomic mass is 10.1. The van der Waals surface area contributed by atoms with Gasteiger partial charge in [0.1, 0.15) is 6.04 Å². The molecule has 0 radical (unpaired) electrons. The van der Waals surface area contributed by atoms with Gasteiger partial charge in [-0.3, -0.25) is 13.9 Å². The van der Waals surface area contributed by atoms with E-state index < -0.39 is 33.7 Å². The van der Waals surface area contributed by atoms with Crippen LogP contribution in [-0.4, -0.2) is 50.0 Å². The summed E-state index contributed by atoms with van der Waals surface area (Å²) in [6.45, 7) is 5.19. The number of nitrogens with one attached hydrogen (secondary N) is 1. The number of carbonyl (C=O) groups is 2. The summed E-state index contributed by atoms with van der Waals surface area (Å²) in [5, 5.41) is 3.28. The van der Waals surface area contributed by atoms with Crippen LogP contribution in [0.2, 0.25) is 5.02 Å². The van der Waals surface area contributed by atoms with Crippen molar-refractivity contribution in [1.29, 1.82) is 0 Å². The highest BCUT2D eigenvalue weighted by Gasteiger charge is 2.32. The van der Waals surface area contributed by atoms with Gasteiger partial charge >= 0.3 is 6.18 Å². The van der Waals surface area contributed by atoms with E-state index in [2.05, 4.69) is 5.32 Å². The van der Waals surface area contributed by atoms with Gasteiger partial charge in [0.05, 0.1) is 17.5 Å². The molecular weight excluding hydrogens is 543 g/mol. The summed E-state index contributed by atoms with van der Waals surface area (Å²) >= 11 is 6.28. The number of carbonyl (C=O) groups excluding carboxylic acids is 2. The van der Waals surface area contributed by atoms with Gasteiger partial charge in [-0.25, -0.2) is 8.42 Å². The Morgan fingerprint density at radius 2 is 1.74 bits per heavy atom. The third kappa shape index (κ3) is 8.90. The van der Waals surface area contributed by atoms with E-state index in [1.54, 1.807) is 31.2 Å². The number of anilines is 1. The molecule has 210 valence electrons. The minimum absolute atomic E-state index is 0.0148. The van der Waals surface area contributed by atoms with Crippen molar-refractivity contribution in [1.82, 2.24) is 10.2 Å². The molecule has 2 atom stereocenters. The topological polar surface area (TPSA) is 86.8 Å². The van der Waals surface area contributed by atoms with E-state index in [0.29, 0.717) is 17.0 Å². The van der Waals surface area contributed by atoms with Crippen LogP contribution in [0.4, 0.5) is 18.9 Å². The lowest BCUT2D eigenvalue weighted by Crippen LogP contribution is -2.49. The molecule has 2 rings (SSSR count). The Balaban J connectivity index is 2.23.